The molecule has 4 aliphatic carbocycles. The average molecular weight is 1030 g/mol. The summed E-state index contributed by atoms with van der Waals surface area (Å²) < 4.78 is 26.5. The van der Waals surface area contributed by atoms with Crippen molar-refractivity contribution in [2.24, 2.45) is 4.99 Å². The van der Waals surface area contributed by atoms with Gasteiger partial charge in [-0.15, -0.1) is 34.0 Å². The van der Waals surface area contributed by atoms with Gasteiger partial charge < -0.3 is 18.9 Å². The second kappa shape index (κ2) is 19.4. The van der Waals surface area contributed by atoms with E-state index in [1.54, 1.807) is 121 Å². The number of benzene rings is 4. The molecule has 362 valence electrons. The Bertz CT molecular complexity index is 3630. The molecule has 74 heavy (non-hydrogen) atoms. The molecule has 4 aromatic carbocycles. The van der Waals surface area contributed by atoms with Crippen LogP contribution in [-0.2, 0) is 80.2 Å². The normalized spacial score (nSPS) is 15.9. The number of hydrogen-bond acceptors (Lipinski definition) is 15. The molecule has 7 aromatic rings. The summed E-state index contributed by atoms with van der Waals surface area (Å²) in [6, 6.07) is 41.3. The van der Waals surface area contributed by atoms with Crippen molar-refractivity contribution in [3.05, 3.63) is 216 Å². The zero-order chi connectivity index (χ0) is 51.1. The number of carbonyl (C=O) groups is 5. The second-order valence-electron chi connectivity index (χ2n) is 17.8. The molecule has 1 saturated carbocycles. The summed E-state index contributed by atoms with van der Waals surface area (Å²) in [5, 5.41) is 20.7. The fourth-order valence-corrected chi connectivity index (χ4v) is 14.1. The zero-order valence-corrected chi connectivity index (χ0v) is 41.8. The number of hydrogen-bond donors (Lipinski definition) is 0. The topological polar surface area (TPSA) is 182 Å². The monoisotopic (exact) mass is 1030 g/mol. The number of ketones is 1. The molecule has 0 bridgehead atoms. The lowest BCUT2D eigenvalue weighted by molar-refractivity contribution is -0.167. The molecule has 0 N–H and O–H groups in total. The van der Waals surface area contributed by atoms with Crippen LogP contribution in [0.15, 0.2) is 173 Å². The van der Waals surface area contributed by atoms with Crippen LogP contribution in [0.4, 0.5) is 0 Å². The van der Waals surface area contributed by atoms with Gasteiger partial charge in [-0.3, -0.25) is 24.0 Å². The van der Waals surface area contributed by atoms with Crippen LogP contribution >= 0.6 is 34.0 Å². The highest BCUT2D eigenvalue weighted by molar-refractivity contribution is 7.32. The molecule has 0 aliphatic heterocycles. The Hall–Kier alpha value is -8.60. The minimum atomic E-state index is -2.79. The van der Waals surface area contributed by atoms with E-state index in [4.69, 9.17) is 23.9 Å². The first kappa shape index (κ1) is 47.7. The molecule has 1 fully saturated rings. The first-order valence-electron chi connectivity index (χ1n) is 23.5. The van der Waals surface area contributed by atoms with Crippen LogP contribution in [0.1, 0.15) is 61.5 Å². The van der Waals surface area contributed by atoms with E-state index in [2.05, 4.69) is 0 Å². The molecule has 0 amide bonds. The summed E-state index contributed by atoms with van der Waals surface area (Å²) in [4.78, 5) is 85.6. The summed E-state index contributed by atoms with van der Waals surface area (Å²) >= 11 is 3.85. The predicted molar refractivity (Wildman–Crippen MR) is 279 cm³/mol. The number of fused-ring (bicyclic) bond motifs is 8. The van der Waals surface area contributed by atoms with E-state index in [9.17, 15) is 15.3 Å². The fraction of sp³-hybridized carbons (Fsp3) is 0.153. The number of nitriles is 2. The number of thiophene rings is 3. The Kier molecular flexibility index (Phi) is 12.5. The van der Waals surface area contributed by atoms with Crippen molar-refractivity contribution in [1.29, 1.82) is 10.5 Å². The van der Waals surface area contributed by atoms with Crippen LogP contribution in [0.25, 0.3) is 25.2 Å². The maximum atomic E-state index is 16.0. The maximum absolute atomic E-state index is 16.0. The lowest BCUT2D eigenvalue weighted by Gasteiger charge is -2.32. The maximum Gasteiger partial charge on any atom is 0.334 e. The van der Waals surface area contributed by atoms with Crippen LogP contribution in [0.3, 0.4) is 0 Å². The van der Waals surface area contributed by atoms with Gasteiger partial charge in [-0.1, -0.05) is 133 Å². The summed E-state index contributed by atoms with van der Waals surface area (Å²) in [5.74, 6) is -5.08. The van der Waals surface area contributed by atoms with Crippen LogP contribution < -0.4 is 0 Å². The molecular formula is C59H39N3O9S3. The lowest BCUT2D eigenvalue weighted by Crippen LogP contribution is -2.51. The zero-order valence-electron chi connectivity index (χ0n) is 39.3. The third kappa shape index (κ3) is 7.76. The number of nitrogens with zero attached hydrogens (tertiary/aromatic N) is 3. The molecule has 0 unspecified atom stereocenters. The second-order valence-corrected chi connectivity index (χ2v) is 21.1. The largest absolute Gasteiger partial charge is 0.459 e. The van der Waals surface area contributed by atoms with Gasteiger partial charge in [-0.2, -0.15) is 10.5 Å². The van der Waals surface area contributed by atoms with Gasteiger partial charge in [0.15, 0.2) is 0 Å². The van der Waals surface area contributed by atoms with Crippen LogP contribution in [0, 0.1) is 29.6 Å². The van der Waals surface area contributed by atoms with Crippen molar-refractivity contribution in [3.8, 4) is 21.9 Å². The molecule has 3 aromatic heterocycles. The standard InChI is InChI=1S/C59H39N3O9S3/c1-34-26-43-51(72-34)48-53(74-43)52-47(59(48,56(66)70-32-37-20-10-4-11-21-37)57(67)71-33-38-22-12-5-13-23-38)46-42(73-52)27-44(62-49-45(39(28-60)29-61)40-24-14-15-25-41(40)50(49)63)58(46,54(64)68-30-35-16-6-2-7-17-35)55(65)69-31-36-18-8-3-9-19-36/h2-13,16-27H,14-15,30-33H2,1H3. The molecule has 11 rings (SSSR count). The number of aliphatic imine (C=N–C) groups is 1. The van der Waals surface area contributed by atoms with Gasteiger partial charge >= 0.3 is 23.9 Å². The fourth-order valence-electron chi connectivity index (χ4n) is 9.97. The molecule has 0 spiro atoms. The molecule has 15 heteroatoms. The average Bonchev–Trinajstić information content (AvgIpc) is 4.28. The number of carbonyl (C=O) groups excluding carboxylic acids is 5. The van der Waals surface area contributed by atoms with Crippen molar-refractivity contribution in [2.75, 3.05) is 0 Å². The third-order valence-corrected chi connectivity index (χ3v) is 16.9. The predicted octanol–water partition coefficient (Wildman–Crippen LogP) is 11.2. The number of allylic oxidation sites excluding steroid dienone is 6. The van der Waals surface area contributed by atoms with Gasteiger partial charge in [0.2, 0.25) is 16.6 Å². The molecule has 0 atom stereocenters. The summed E-state index contributed by atoms with van der Waals surface area (Å²) in [6.45, 7) is 0.707. The molecule has 3 heterocycles. The molecule has 12 nitrogen and oxygen atoms in total. The van der Waals surface area contributed by atoms with E-state index in [1.165, 1.54) is 28.7 Å². The molecule has 0 radical (unpaired) electrons. The Morgan fingerprint density at radius 3 is 1.50 bits per heavy atom. The quantitative estimate of drug-likeness (QED) is 0.0464. The van der Waals surface area contributed by atoms with Crippen molar-refractivity contribution >= 4 is 84.9 Å². The molecular weight excluding hydrogens is 991 g/mol. The van der Waals surface area contributed by atoms with Gasteiger partial charge in [-0.05, 0) is 59.7 Å². The van der Waals surface area contributed by atoms with E-state index in [-0.39, 0.29) is 70.5 Å². The van der Waals surface area contributed by atoms with Crippen molar-refractivity contribution < 1.29 is 42.9 Å². The highest BCUT2D eigenvalue weighted by Gasteiger charge is 2.69. The molecule has 0 saturated heterocycles. The summed E-state index contributed by atoms with van der Waals surface area (Å²) in [5.41, 5.74) is -3.46. The number of rotatable bonds is 13. The van der Waals surface area contributed by atoms with E-state index >= 15 is 19.2 Å². The third-order valence-electron chi connectivity index (χ3n) is 13.3. The smallest absolute Gasteiger partial charge is 0.334 e. The van der Waals surface area contributed by atoms with Crippen LogP contribution in [-0.4, -0.2) is 35.4 Å². The first-order valence-corrected chi connectivity index (χ1v) is 25.9. The van der Waals surface area contributed by atoms with E-state index < -0.39 is 46.1 Å². The Morgan fingerprint density at radius 1 is 0.581 bits per heavy atom. The van der Waals surface area contributed by atoms with Gasteiger partial charge in [0.05, 0.1) is 20.2 Å². The molecule has 4 aliphatic rings. The lowest BCUT2D eigenvalue weighted by atomic mass is 9.70. The number of Topliss-reactive ketones (excluding diaryl/α,β-unsaturated/α-hetero) is 1. The Morgan fingerprint density at radius 2 is 1.03 bits per heavy atom. The first-order chi connectivity index (χ1) is 36.1. The number of ether oxygens (including phenoxy) is 4. The number of aryl methyl sites for hydroxylation is 1. The van der Waals surface area contributed by atoms with Gasteiger partial charge in [-0.25, -0.2) is 4.99 Å². The Labute approximate surface area is 436 Å². The van der Waals surface area contributed by atoms with Gasteiger partial charge in [0.1, 0.15) is 49.9 Å². The SMILES string of the molecule is Cc1cc2sc3c(c2s1)C(C(=O)OCc1ccccc1)(C(=O)OCc1ccccc1)c1c-3sc2c1C(C(=O)OCc1ccccc1)(C(=O)OCc1ccccc1)C(N=C1C(=O)C3=CCCC=C3C1=C(C#N)C#N)=C2. The minimum Gasteiger partial charge on any atom is -0.459 e. The Balaban J connectivity index is 1.21. The van der Waals surface area contributed by atoms with E-state index in [0.29, 0.717) is 55.1 Å². The summed E-state index contributed by atoms with van der Waals surface area (Å²) in [6.07, 6.45) is 5.92. The van der Waals surface area contributed by atoms with Crippen molar-refractivity contribution in [1.82, 2.24) is 0 Å². The highest BCUT2D eigenvalue weighted by Crippen LogP contribution is 2.66. The van der Waals surface area contributed by atoms with Crippen molar-refractivity contribution in [3.63, 3.8) is 0 Å². The van der Waals surface area contributed by atoms with Gasteiger partial charge in [0, 0.05) is 42.3 Å². The van der Waals surface area contributed by atoms with Crippen LogP contribution in [0.5, 0.6) is 0 Å². The van der Waals surface area contributed by atoms with E-state index in [1.807, 2.05) is 37.3 Å². The van der Waals surface area contributed by atoms with E-state index in [0.717, 1.165) is 20.9 Å². The number of esters is 4. The van der Waals surface area contributed by atoms with Crippen molar-refractivity contribution in [2.45, 2.75) is 57.0 Å². The van der Waals surface area contributed by atoms with Crippen LogP contribution in [0.2, 0.25) is 0 Å². The van der Waals surface area contributed by atoms with Gasteiger partial charge in [0.25, 0.3) is 0 Å². The highest BCUT2D eigenvalue weighted by atomic mass is 32.1. The minimum absolute atomic E-state index is 0.0510. The summed E-state index contributed by atoms with van der Waals surface area (Å²) in [7, 11) is 0.